The van der Waals surface area contributed by atoms with E-state index in [0.29, 0.717) is 12.5 Å². The number of amides is 1. The van der Waals surface area contributed by atoms with Gasteiger partial charge in [-0.2, -0.15) is 0 Å². The largest absolute Gasteiger partial charge is 0.375 e. The van der Waals surface area contributed by atoms with E-state index < -0.39 is 0 Å². The minimum atomic E-state index is -0.230. The summed E-state index contributed by atoms with van der Waals surface area (Å²) < 4.78 is 19.3. The van der Waals surface area contributed by atoms with Crippen LogP contribution in [0.1, 0.15) is 25.3 Å². The summed E-state index contributed by atoms with van der Waals surface area (Å²) in [4.78, 5) is 14.5. The average Bonchev–Trinajstić information content (AvgIpc) is 2.57. The molecule has 0 radical (unpaired) electrons. The van der Waals surface area contributed by atoms with E-state index in [1.54, 1.807) is 6.07 Å². The standard InChI is InChI=1S/C18H25FN2O2.ClH/c1-13-17(20-8-11-23-13)18(22)21-9-6-14(7-10-21)12-15-4-2-3-5-16(15)19;/h2-5,13-14,17,20H,6-12H2,1H3;1H/t13-,17+;/m1./s1. The second-order valence-electron chi connectivity index (χ2n) is 6.57. The Morgan fingerprint density at radius 3 is 2.71 bits per heavy atom. The van der Waals surface area contributed by atoms with Crippen molar-refractivity contribution in [1.29, 1.82) is 0 Å². The lowest BCUT2D eigenvalue weighted by Crippen LogP contribution is -2.57. The summed E-state index contributed by atoms with van der Waals surface area (Å²) in [7, 11) is 0. The van der Waals surface area contributed by atoms with Gasteiger partial charge < -0.3 is 15.0 Å². The zero-order valence-corrected chi connectivity index (χ0v) is 14.9. The molecule has 134 valence electrons. The first-order valence-electron chi connectivity index (χ1n) is 8.52. The molecule has 2 saturated heterocycles. The number of likely N-dealkylation sites (tertiary alicyclic amines) is 1. The van der Waals surface area contributed by atoms with Crippen molar-refractivity contribution >= 4 is 18.3 Å². The van der Waals surface area contributed by atoms with Crippen LogP contribution in [0.2, 0.25) is 0 Å². The maximum Gasteiger partial charge on any atom is 0.242 e. The second-order valence-corrected chi connectivity index (χ2v) is 6.57. The Labute approximate surface area is 149 Å². The van der Waals surface area contributed by atoms with Gasteiger partial charge in [0.05, 0.1) is 12.7 Å². The second kappa shape index (κ2) is 8.79. The van der Waals surface area contributed by atoms with Crippen molar-refractivity contribution in [3.05, 3.63) is 35.6 Å². The summed E-state index contributed by atoms with van der Waals surface area (Å²) in [5.74, 6) is 0.467. The third-order valence-corrected chi connectivity index (χ3v) is 4.98. The number of ether oxygens (including phenoxy) is 1. The van der Waals surface area contributed by atoms with Gasteiger partial charge in [0.25, 0.3) is 0 Å². The van der Waals surface area contributed by atoms with Crippen LogP contribution in [-0.2, 0) is 16.0 Å². The van der Waals surface area contributed by atoms with E-state index in [9.17, 15) is 9.18 Å². The first-order chi connectivity index (χ1) is 11.1. The van der Waals surface area contributed by atoms with Crippen molar-refractivity contribution in [2.24, 2.45) is 5.92 Å². The summed E-state index contributed by atoms with van der Waals surface area (Å²) in [5.41, 5.74) is 0.785. The number of carbonyl (C=O) groups is 1. The molecular weight excluding hydrogens is 331 g/mol. The van der Waals surface area contributed by atoms with Crippen molar-refractivity contribution in [2.45, 2.75) is 38.3 Å². The molecule has 0 saturated carbocycles. The van der Waals surface area contributed by atoms with Crippen LogP contribution in [0.3, 0.4) is 0 Å². The highest BCUT2D eigenvalue weighted by Crippen LogP contribution is 2.24. The highest BCUT2D eigenvalue weighted by Gasteiger charge is 2.33. The maximum atomic E-state index is 13.7. The van der Waals surface area contributed by atoms with E-state index in [4.69, 9.17) is 4.74 Å². The summed E-state index contributed by atoms with van der Waals surface area (Å²) in [5, 5.41) is 3.26. The number of benzene rings is 1. The van der Waals surface area contributed by atoms with Crippen LogP contribution < -0.4 is 5.32 Å². The number of hydrogen-bond donors (Lipinski definition) is 1. The number of halogens is 2. The van der Waals surface area contributed by atoms with Crippen LogP contribution in [0.4, 0.5) is 4.39 Å². The zero-order chi connectivity index (χ0) is 16.2. The fourth-order valence-corrected chi connectivity index (χ4v) is 3.54. The van der Waals surface area contributed by atoms with Gasteiger partial charge in [0.2, 0.25) is 5.91 Å². The highest BCUT2D eigenvalue weighted by atomic mass is 35.5. The summed E-state index contributed by atoms with van der Waals surface area (Å²) in [6.45, 7) is 4.84. The number of carbonyl (C=O) groups excluding carboxylic acids is 1. The molecule has 1 aromatic rings. The fraction of sp³-hybridized carbons (Fsp3) is 0.611. The van der Waals surface area contributed by atoms with Crippen LogP contribution in [0.5, 0.6) is 0 Å². The zero-order valence-electron chi connectivity index (χ0n) is 14.0. The predicted molar refractivity (Wildman–Crippen MR) is 93.9 cm³/mol. The SMILES string of the molecule is C[C@H]1OCCN[C@@H]1C(=O)N1CCC(Cc2ccccc2F)CC1.Cl. The third kappa shape index (κ3) is 4.47. The molecule has 2 aliphatic rings. The predicted octanol–water partition coefficient (Wildman–Crippen LogP) is 2.41. The lowest BCUT2D eigenvalue weighted by atomic mass is 9.89. The van der Waals surface area contributed by atoms with Crippen LogP contribution in [0.25, 0.3) is 0 Å². The van der Waals surface area contributed by atoms with Crippen LogP contribution in [0, 0.1) is 11.7 Å². The molecule has 0 aliphatic carbocycles. The lowest BCUT2D eigenvalue weighted by Gasteiger charge is -2.37. The molecule has 0 bridgehead atoms. The monoisotopic (exact) mass is 356 g/mol. The van der Waals surface area contributed by atoms with Gasteiger partial charge >= 0.3 is 0 Å². The molecule has 4 nitrogen and oxygen atoms in total. The molecular formula is C18H26ClFN2O2. The molecule has 2 aliphatic heterocycles. The Balaban J connectivity index is 0.00000208. The van der Waals surface area contributed by atoms with E-state index >= 15 is 0 Å². The van der Waals surface area contributed by atoms with Gasteiger partial charge in [-0.1, -0.05) is 18.2 Å². The highest BCUT2D eigenvalue weighted by molar-refractivity contribution is 5.85. The fourth-order valence-electron chi connectivity index (χ4n) is 3.54. The quantitative estimate of drug-likeness (QED) is 0.904. The van der Waals surface area contributed by atoms with Crippen LogP contribution in [0.15, 0.2) is 24.3 Å². The van der Waals surface area contributed by atoms with E-state index in [0.717, 1.165) is 44.5 Å². The molecule has 2 fully saturated rings. The van der Waals surface area contributed by atoms with E-state index in [1.165, 1.54) is 6.07 Å². The molecule has 24 heavy (non-hydrogen) atoms. The Kier molecular flexibility index (Phi) is 7.02. The van der Waals surface area contributed by atoms with Crippen molar-refractivity contribution in [2.75, 3.05) is 26.2 Å². The third-order valence-electron chi connectivity index (χ3n) is 4.98. The first-order valence-corrected chi connectivity index (χ1v) is 8.52. The molecule has 2 atom stereocenters. The van der Waals surface area contributed by atoms with Gasteiger partial charge in [-0.05, 0) is 43.7 Å². The molecule has 0 unspecified atom stereocenters. The molecule has 0 aromatic heterocycles. The van der Waals surface area contributed by atoms with E-state index in [2.05, 4.69) is 5.32 Å². The van der Waals surface area contributed by atoms with Gasteiger partial charge in [-0.25, -0.2) is 4.39 Å². The van der Waals surface area contributed by atoms with E-state index in [1.807, 2.05) is 24.0 Å². The van der Waals surface area contributed by atoms with Gasteiger partial charge in [-0.3, -0.25) is 4.79 Å². The van der Waals surface area contributed by atoms with Crippen molar-refractivity contribution in [1.82, 2.24) is 10.2 Å². The summed E-state index contributed by atoms with van der Waals surface area (Å²) >= 11 is 0. The molecule has 6 heteroatoms. The van der Waals surface area contributed by atoms with Crippen molar-refractivity contribution in [3.8, 4) is 0 Å². The summed E-state index contributed by atoms with van der Waals surface area (Å²) in [6.07, 6.45) is 2.55. The van der Waals surface area contributed by atoms with Gasteiger partial charge in [0.15, 0.2) is 0 Å². The first kappa shape index (κ1) is 19.2. The topological polar surface area (TPSA) is 41.6 Å². The van der Waals surface area contributed by atoms with Gasteiger partial charge in [0, 0.05) is 19.6 Å². The Bertz CT molecular complexity index is 550. The molecule has 3 rings (SSSR count). The molecule has 1 amide bonds. The smallest absolute Gasteiger partial charge is 0.242 e. The lowest BCUT2D eigenvalue weighted by molar-refractivity contribution is -0.140. The molecule has 0 spiro atoms. The molecule has 1 N–H and O–H groups in total. The number of nitrogens with zero attached hydrogens (tertiary/aromatic N) is 1. The normalized spacial score (nSPS) is 25.2. The summed E-state index contributed by atoms with van der Waals surface area (Å²) in [6, 6.07) is 6.75. The number of rotatable bonds is 3. The van der Waals surface area contributed by atoms with E-state index in [-0.39, 0.29) is 36.3 Å². The number of piperidine rings is 1. The Morgan fingerprint density at radius 2 is 2.04 bits per heavy atom. The molecule has 1 aromatic carbocycles. The minimum Gasteiger partial charge on any atom is -0.375 e. The van der Waals surface area contributed by atoms with Gasteiger partial charge in [-0.15, -0.1) is 12.4 Å². The molecule has 2 heterocycles. The van der Waals surface area contributed by atoms with Gasteiger partial charge in [0.1, 0.15) is 11.9 Å². The number of morpholine rings is 1. The number of hydrogen-bond acceptors (Lipinski definition) is 3. The van der Waals surface area contributed by atoms with Crippen molar-refractivity contribution < 1.29 is 13.9 Å². The van der Waals surface area contributed by atoms with Crippen LogP contribution in [-0.4, -0.2) is 49.2 Å². The number of nitrogens with one attached hydrogen (secondary N) is 1. The Hall–Kier alpha value is -1.17. The maximum absolute atomic E-state index is 13.7. The van der Waals surface area contributed by atoms with Crippen LogP contribution >= 0.6 is 12.4 Å². The van der Waals surface area contributed by atoms with Crippen molar-refractivity contribution in [3.63, 3.8) is 0 Å². The Morgan fingerprint density at radius 1 is 1.33 bits per heavy atom. The minimum absolute atomic E-state index is 0. The average molecular weight is 357 g/mol.